The van der Waals surface area contributed by atoms with Crippen LogP contribution in [0.4, 0.5) is 10.5 Å². The van der Waals surface area contributed by atoms with Gasteiger partial charge in [-0.15, -0.1) is 0 Å². The van der Waals surface area contributed by atoms with E-state index in [0.717, 1.165) is 0 Å². The number of amides is 2. The van der Waals surface area contributed by atoms with Gasteiger partial charge in [-0.25, -0.2) is 4.79 Å². The summed E-state index contributed by atoms with van der Waals surface area (Å²) in [4.78, 5) is 22.7. The third-order valence-corrected chi connectivity index (χ3v) is 2.30. The van der Waals surface area contributed by atoms with Gasteiger partial charge >= 0.3 is 6.03 Å². The molecule has 1 aromatic carbocycles. The predicted molar refractivity (Wildman–Crippen MR) is 68.3 cm³/mol. The van der Waals surface area contributed by atoms with E-state index in [1.54, 1.807) is 31.2 Å². The van der Waals surface area contributed by atoms with Gasteiger partial charge in [-0.3, -0.25) is 4.79 Å². The van der Waals surface area contributed by atoms with Crippen LogP contribution in [0.15, 0.2) is 24.3 Å². The lowest BCUT2D eigenvalue weighted by atomic mass is 10.1. The summed E-state index contributed by atoms with van der Waals surface area (Å²) < 4.78 is 0. The van der Waals surface area contributed by atoms with Gasteiger partial charge in [-0.05, 0) is 26.0 Å². The number of nitrogens with zero attached hydrogens (tertiary/aromatic N) is 1. The van der Waals surface area contributed by atoms with Gasteiger partial charge in [0.2, 0.25) is 0 Å². The minimum Gasteiger partial charge on any atom is -0.334 e. The number of hydrogen-bond donors (Lipinski definition) is 2. The van der Waals surface area contributed by atoms with Crippen LogP contribution in [-0.2, 0) is 0 Å². The Labute approximate surface area is 106 Å². The number of carbonyl (C=O) groups is 2. The highest BCUT2D eigenvalue weighted by molar-refractivity contribution is 5.96. The Balaban J connectivity index is 2.62. The first-order chi connectivity index (χ1) is 8.52. The number of urea groups is 1. The van der Waals surface area contributed by atoms with Crippen LogP contribution in [0.1, 0.15) is 30.6 Å². The van der Waals surface area contributed by atoms with Crippen LogP contribution in [0.25, 0.3) is 0 Å². The second kappa shape index (κ2) is 6.40. The van der Waals surface area contributed by atoms with Gasteiger partial charge in [-0.2, -0.15) is 5.26 Å². The van der Waals surface area contributed by atoms with Crippen molar-refractivity contribution in [1.29, 1.82) is 5.26 Å². The summed E-state index contributed by atoms with van der Waals surface area (Å²) in [6.45, 7) is 3.21. The molecule has 0 aliphatic carbocycles. The Morgan fingerprint density at radius 1 is 1.44 bits per heavy atom. The Morgan fingerprint density at radius 3 is 2.78 bits per heavy atom. The molecule has 0 aliphatic heterocycles. The fourth-order valence-corrected chi connectivity index (χ4v) is 1.39. The second-order valence-electron chi connectivity index (χ2n) is 4.00. The molecular formula is C13H15N3O2. The van der Waals surface area contributed by atoms with E-state index in [0.29, 0.717) is 11.3 Å². The number of ketones is 1. The second-order valence-corrected chi connectivity index (χ2v) is 4.00. The van der Waals surface area contributed by atoms with Crippen LogP contribution in [-0.4, -0.2) is 17.9 Å². The fraction of sp³-hybridized carbons (Fsp3) is 0.308. The van der Waals surface area contributed by atoms with Crippen molar-refractivity contribution in [2.45, 2.75) is 26.3 Å². The zero-order valence-corrected chi connectivity index (χ0v) is 10.4. The van der Waals surface area contributed by atoms with Crippen molar-refractivity contribution in [3.05, 3.63) is 29.8 Å². The molecule has 1 unspecified atom stereocenters. The van der Waals surface area contributed by atoms with Crippen LogP contribution < -0.4 is 10.6 Å². The van der Waals surface area contributed by atoms with Crippen molar-refractivity contribution in [3.8, 4) is 6.07 Å². The van der Waals surface area contributed by atoms with E-state index in [4.69, 9.17) is 5.26 Å². The van der Waals surface area contributed by atoms with Crippen LogP contribution >= 0.6 is 0 Å². The van der Waals surface area contributed by atoms with Gasteiger partial charge in [-0.1, -0.05) is 12.1 Å². The average Bonchev–Trinajstić information content (AvgIpc) is 2.29. The normalized spacial score (nSPS) is 11.2. The number of anilines is 1. The Morgan fingerprint density at radius 2 is 2.17 bits per heavy atom. The van der Waals surface area contributed by atoms with Gasteiger partial charge in [0.05, 0.1) is 12.5 Å². The van der Waals surface area contributed by atoms with Crippen LogP contribution in [0.3, 0.4) is 0 Å². The summed E-state index contributed by atoms with van der Waals surface area (Å²) in [5.41, 5.74) is 1.09. The molecule has 0 heterocycles. The highest BCUT2D eigenvalue weighted by Gasteiger charge is 2.07. The smallest absolute Gasteiger partial charge is 0.319 e. The van der Waals surface area contributed by atoms with Gasteiger partial charge in [0.15, 0.2) is 5.78 Å². The molecule has 94 valence electrons. The third-order valence-electron chi connectivity index (χ3n) is 2.30. The first kappa shape index (κ1) is 13.7. The fourth-order valence-electron chi connectivity index (χ4n) is 1.39. The van der Waals surface area contributed by atoms with E-state index >= 15 is 0 Å². The lowest BCUT2D eigenvalue weighted by molar-refractivity contribution is 0.101. The summed E-state index contributed by atoms with van der Waals surface area (Å²) in [5.74, 6) is -0.0584. The molecule has 0 aromatic heterocycles. The highest BCUT2D eigenvalue weighted by atomic mass is 16.2. The minimum absolute atomic E-state index is 0.0584. The van der Waals surface area contributed by atoms with Gasteiger partial charge < -0.3 is 10.6 Å². The molecule has 0 saturated heterocycles. The Bertz CT molecular complexity index is 491. The van der Waals surface area contributed by atoms with E-state index in [-0.39, 0.29) is 18.2 Å². The van der Waals surface area contributed by atoms with E-state index < -0.39 is 6.03 Å². The molecule has 18 heavy (non-hydrogen) atoms. The van der Waals surface area contributed by atoms with E-state index in [9.17, 15) is 9.59 Å². The number of rotatable bonds is 4. The van der Waals surface area contributed by atoms with Crippen molar-refractivity contribution in [2.75, 3.05) is 5.32 Å². The number of hydrogen-bond acceptors (Lipinski definition) is 3. The van der Waals surface area contributed by atoms with E-state index in [1.165, 1.54) is 6.92 Å². The molecule has 0 fully saturated rings. The standard InChI is InChI=1S/C13H15N3O2/c1-9(6-7-14)15-13(18)16-12-5-3-4-11(8-12)10(2)17/h3-5,8-9H,6H2,1-2H3,(H2,15,16,18). The van der Waals surface area contributed by atoms with E-state index in [2.05, 4.69) is 10.6 Å². The molecular weight excluding hydrogens is 230 g/mol. The Kier molecular flexibility index (Phi) is 4.88. The molecule has 0 saturated carbocycles. The molecule has 5 nitrogen and oxygen atoms in total. The summed E-state index contributed by atoms with van der Waals surface area (Å²) >= 11 is 0. The van der Waals surface area contributed by atoms with Crippen molar-refractivity contribution in [3.63, 3.8) is 0 Å². The molecule has 0 bridgehead atoms. The Hall–Kier alpha value is -2.35. The number of nitrogens with one attached hydrogen (secondary N) is 2. The van der Waals surface area contributed by atoms with Crippen molar-refractivity contribution >= 4 is 17.5 Å². The molecule has 0 aliphatic rings. The van der Waals surface area contributed by atoms with Gasteiger partial charge in [0.1, 0.15) is 0 Å². The summed E-state index contributed by atoms with van der Waals surface area (Å²) in [7, 11) is 0. The largest absolute Gasteiger partial charge is 0.334 e. The SMILES string of the molecule is CC(=O)c1cccc(NC(=O)NC(C)CC#N)c1. The molecule has 1 rings (SSSR count). The number of Topliss-reactive ketones (excluding diaryl/α,β-unsaturated/α-hetero) is 1. The molecule has 1 aromatic rings. The number of carbonyl (C=O) groups excluding carboxylic acids is 2. The topological polar surface area (TPSA) is 82.0 Å². The van der Waals surface area contributed by atoms with Crippen molar-refractivity contribution in [1.82, 2.24) is 5.32 Å². The third kappa shape index (κ3) is 4.26. The minimum atomic E-state index is -0.390. The zero-order chi connectivity index (χ0) is 13.5. The quantitative estimate of drug-likeness (QED) is 0.798. The molecule has 1 atom stereocenters. The summed E-state index contributed by atoms with van der Waals surface area (Å²) in [6, 6.07) is 8.05. The lowest BCUT2D eigenvalue weighted by Gasteiger charge is -2.11. The summed E-state index contributed by atoms with van der Waals surface area (Å²) in [6.07, 6.45) is 0.251. The number of nitriles is 1. The monoisotopic (exact) mass is 245 g/mol. The molecule has 0 spiro atoms. The molecule has 2 amide bonds. The molecule has 2 N–H and O–H groups in total. The first-order valence-electron chi connectivity index (χ1n) is 5.58. The average molecular weight is 245 g/mol. The van der Waals surface area contributed by atoms with Crippen molar-refractivity contribution in [2.24, 2.45) is 0 Å². The van der Waals surface area contributed by atoms with Crippen LogP contribution in [0.5, 0.6) is 0 Å². The zero-order valence-electron chi connectivity index (χ0n) is 10.4. The van der Waals surface area contributed by atoms with Crippen LogP contribution in [0, 0.1) is 11.3 Å². The molecule has 0 radical (unpaired) electrons. The van der Waals surface area contributed by atoms with Gasteiger partial charge in [0.25, 0.3) is 0 Å². The molecule has 5 heteroatoms. The van der Waals surface area contributed by atoms with E-state index in [1.807, 2.05) is 6.07 Å². The van der Waals surface area contributed by atoms with Crippen molar-refractivity contribution < 1.29 is 9.59 Å². The highest BCUT2D eigenvalue weighted by Crippen LogP contribution is 2.11. The maximum Gasteiger partial charge on any atom is 0.319 e. The lowest BCUT2D eigenvalue weighted by Crippen LogP contribution is -2.35. The first-order valence-corrected chi connectivity index (χ1v) is 5.58. The van der Waals surface area contributed by atoms with Gasteiger partial charge in [0, 0.05) is 17.3 Å². The number of benzene rings is 1. The van der Waals surface area contributed by atoms with Crippen LogP contribution in [0.2, 0.25) is 0 Å². The summed E-state index contributed by atoms with van der Waals surface area (Å²) in [5, 5.41) is 13.7. The maximum atomic E-state index is 11.6. The predicted octanol–water partition coefficient (Wildman–Crippen LogP) is 2.31. The maximum absolute atomic E-state index is 11.6.